The van der Waals surface area contributed by atoms with E-state index in [1.54, 1.807) is 24.4 Å². The van der Waals surface area contributed by atoms with Crippen molar-refractivity contribution < 1.29 is 24.2 Å². The van der Waals surface area contributed by atoms with E-state index in [1.165, 1.54) is 12.1 Å². The summed E-state index contributed by atoms with van der Waals surface area (Å²) in [6.45, 7) is 8.82. The minimum Gasteiger partial charge on any atom is -0.478 e. The zero-order valence-electron chi connectivity index (χ0n) is 24.3. The Bertz CT molecular complexity index is 1360. The molecule has 0 saturated carbocycles. The van der Waals surface area contributed by atoms with Gasteiger partial charge in [0.05, 0.1) is 5.56 Å². The molecule has 1 saturated heterocycles. The molecule has 42 heavy (non-hydrogen) atoms. The van der Waals surface area contributed by atoms with Crippen LogP contribution >= 0.6 is 0 Å². The largest absolute Gasteiger partial charge is 0.478 e. The monoisotopic (exact) mass is 574 g/mol. The minimum absolute atomic E-state index is 0.147. The first kappa shape index (κ1) is 30.3. The van der Waals surface area contributed by atoms with E-state index in [9.17, 15) is 14.4 Å². The Labute approximate surface area is 245 Å². The number of hydrogen-bond donors (Lipinski definition) is 3. The summed E-state index contributed by atoms with van der Waals surface area (Å²) >= 11 is 0. The van der Waals surface area contributed by atoms with E-state index in [-0.39, 0.29) is 11.5 Å². The normalized spacial score (nSPS) is 13.4. The number of nitrogens with zero attached hydrogens (tertiary/aromatic N) is 4. The molecule has 1 fully saturated rings. The fraction of sp³-hybridized carbons (Fsp3) is 0.387. The number of nitrogens with one attached hydrogen (secondary N) is 2. The third kappa shape index (κ3) is 8.92. The second kappa shape index (κ2) is 13.8. The SMILES string of the molecule is CC(C)(C)OC(=O)NCCCCC(=O)N1CCN(c2ccc(Nc3ccnc(-c4ccc(C(=O)O)cc4)n3)cc2)CC1. The number of piperazine rings is 1. The van der Waals surface area contributed by atoms with Gasteiger partial charge in [-0.3, -0.25) is 4.79 Å². The van der Waals surface area contributed by atoms with Gasteiger partial charge >= 0.3 is 12.1 Å². The molecule has 2 amide bonds. The molecule has 1 aromatic heterocycles. The molecule has 11 nitrogen and oxygen atoms in total. The summed E-state index contributed by atoms with van der Waals surface area (Å²) in [6.07, 6.45) is 3.13. The van der Waals surface area contributed by atoms with Gasteiger partial charge in [-0.1, -0.05) is 12.1 Å². The first-order chi connectivity index (χ1) is 20.1. The van der Waals surface area contributed by atoms with Crippen LogP contribution in [0.4, 0.5) is 22.0 Å². The first-order valence-corrected chi connectivity index (χ1v) is 14.1. The molecule has 4 rings (SSSR count). The second-order valence-electron chi connectivity index (χ2n) is 11.1. The van der Waals surface area contributed by atoms with Crippen molar-refractivity contribution >= 4 is 35.2 Å². The van der Waals surface area contributed by atoms with Crippen LogP contribution in [-0.4, -0.2) is 76.3 Å². The maximum absolute atomic E-state index is 12.7. The van der Waals surface area contributed by atoms with Gasteiger partial charge in [-0.05, 0) is 76.1 Å². The van der Waals surface area contributed by atoms with Crippen molar-refractivity contribution in [1.82, 2.24) is 20.2 Å². The molecule has 0 aliphatic carbocycles. The minimum atomic E-state index is -0.977. The number of benzene rings is 2. The van der Waals surface area contributed by atoms with Crippen molar-refractivity contribution in [1.29, 1.82) is 0 Å². The maximum atomic E-state index is 12.7. The lowest BCUT2D eigenvalue weighted by atomic mass is 10.1. The standard InChI is InChI=1S/C31H38N6O5/c1-31(2,3)42-30(41)33-16-5-4-6-27(38)37-20-18-36(19-21-37)25-13-11-24(12-14-25)34-26-15-17-32-28(35-26)22-7-9-23(10-8-22)29(39)40/h7-15,17H,4-6,16,18-21H2,1-3H3,(H,33,41)(H,39,40)(H,32,34,35). The number of carboxylic acids is 1. The topological polar surface area (TPSA) is 137 Å². The number of anilines is 3. The van der Waals surface area contributed by atoms with E-state index >= 15 is 0 Å². The molecule has 0 radical (unpaired) electrons. The second-order valence-corrected chi connectivity index (χ2v) is 11.1. The lowest BCUT2D eigenvalue weighted by Crippen LogP contribution is -2.48. The highest BCUT2D eigenvalue weighted by atomic mass is 16.6. The van der Waals surface area contributed by atoms with Crippen LogP contribution in [0, 0.1) is 0 Å². The summed E-state index contributed by atoms with van der Waals surface area (Å²) in [7, 11) is 0. The summed E-state index contributed by atoms with van der Waals surface area (Å²) in [5, 5.41) is 15.1. The lowest BCUT2D eigenvalue weighted by molar-refractivity contribution is -0.131. The van der Waals surface area contributed by atoms with Crippen LogP contribution in [-0.2, 0) is 9.53 Å². The quantitative estimate of drug-likeness (QED) is 0.288. The van der Waals surface area contributed by atoms with Gasteiger partial charge in [-0.2, -0.15) is 0 Å². The number of rotatable bonds is 10. The third-order valence-electron chi connectivity index (χ3n) is 6.67. The smallest absolute Gasteiger partial charge is 0.407 e. The Balaban J connectivity index is 1.20. The fourth-order valence-corrected chi connectivity index (χ4v) is 4.51. The van der Waals surface area contributed by atoms with Crippen LogP contribution in [0.15, 0.2) is 60.8 Å². The molecule has 0 atom stereocenters. The van der Waals surface area contributed by atoms with Crippen molar-refractivity contribution in [3.8, 4) is 11.4 Å². The first-order valence-electron chi connectivity index (χ1n) is 14.1. The molecular formula is C31H38N6O5. The van der Waals surface area contributed by atoms with E-state index in [0.29, 0.717) is 44.1 Å². The third-order valence-corrected chi connectivity index (χ3v) is 6.67. The maximum Gasteiger partial charge on any atom is 0.407 e. The Morgan fingerprint density at radius 2 is 1.62 bits per heavy atom. The zero-order chi connectivity index (χ0) is 30.1. The molecule has 0 unspecified atom stereocenters. The van der Waals surface area contributed by atoms with Crippen molar-refractivity contribution in [3.63, 3.8) is 0 Å². The number of hydrogen-bond acceptors (Lipinski definition) is 8. The van der Waals surface area contributed by atoms with Gasteiger partial charge in [0.25, 0.3) is 0 Å². The van der Waals surface area contributed by atoms with Crippen molar-refractivity contribution in [2.45, 2.75) is 45.6 Å². The number of aromatic nitrogens is 2. The summed E-state index contributed by atoms with van der Waals surface area (Å²) in [4.78, 5) is 48.5. The molecule has 3 aromatic rings. The molecular weight excluding hydrogens is 536 g/mol. The van der Waals surface area contributed by atoms with Gasteiger partial charge in [-0.25, -0.2) is 19.6 Å². The Hall–Kier alpha value is -4.67. The Kier molecular flexibility index (Phi) is 9.95. The van der Waals surface area contributed by atoms with Crippen LogP contribution in [0.5, 0.6) is 0 Å². The van der Waals surface area contributed by atoms with Gasteiger partial charge in [0.1, 0.15) is 11.4 Å². The zero-order valence-corrected chi connectivity index (χ0v) is 24.3. The van der Waals surface area contributed by atoms with Crippen molar-refractivity contribution in [3.05, 3.63) is 66.4 Å². The molecule has 222 valence electrons. The fourth-order valence-electron chi connectivity index (χ4n) is 4.51. The van der Waals surface area contributed by atoms with Crippen LogP contribution in [0.2, 0.25) is 0 Å². The van der Waals surface area contributed by atoms with Crippen LogP contribution in [0.25, 0.3) is 11.4 Å². The van der Waals surface area contributed by atoms with Gasteiger partial charge in [0, 0.05) is 62.3 Å². The van der Waals surface area contributed by atoms with E-state index in [0.717, 1.165) is 36.4 Å². The van der Waals surface area contributed by atoms with E-state index in [4.69, 9.17) is 9.84 Å². The number of ether oxygens (including phenoxy) is 1. The van der Waals surface area contributed by atoms with Gasteiger partial charge in [-0.15, -0.1) is 0 Å². The number of carbonyl (C=O) groups is 3. The summed E-state index contributed by atoms with van der Waals surface area (Å²) in [5.74, 6) is 0.296. The van der Waals surface area contributed by atoms with Crippen LogP contribution in [0.1, 0.15) is 50.4 Å². The summed E-state index contributed by atoms with van der Waals surface area (Å²) in [6, 6.07) is 16.3. The molecule has 2 aromatic carbocycles. The molecule has 0 spiro atoms. The van der Waals surface area contributed by atoms with Crippen molar-refractivity contribution in [2.24, 2.45) is 0 Å². The average molecular weight is 575 g/mol. The van der Waals surface area contributed by atoms with Gasteiger partial charge in [0.2, 0.25) is 5.91 Å². The highest BCUT2D eigenvalue weighted by Crippen LogP contribution is 2.23. The predicted molar refractivity (Wildman–Crippen MR) is 161 cm³/mol. The summed E-state index contributed by atoms with van der Waals surface area (Å²) in [5.41, 5.74) is 2.38. The number of unbranched alkanes of at least 4 members (excludes halogenated alkanes) is 1. The van der Waals surface area contributed by atoms with Crippen molar-refractivity contribution in [2.75, 3.05) is 42.9 Å². The predicted octanol–water partition coefficient (Wildman–Crippen LogP) is 4.93. The molecule has 2 heterocycles. The Morgan fingerprint density at radius 1 is 0.929 bits per heavy atom. The van der Waals surface area contributed by atoms with Gasteiger partial charge < -0.3 is 30.3 Å². The number of carboxylic acid groups (broad SMARTS) is 1. The number of amides is 2. The van der Waals surface area contributed by atoms with Crippen LogP contribution < -0.4 is 15.5 Å². The number of carbonyl (C=O) groups excluding carboxylic acids is 2. The van der Waals surface area contributed by atoms with E-state index in [2.05, 4.69) is 25.5 Å². The highest BCUT2D eigenvalue weighted by Gasteiger charge is 2.21. The Morgan fingerprint density at radius 3 is 2.26 bits per heavy atom. The molecule has 3 N–H and O–H groups in total. The summed E-state index contributed by atoms with van der Waals surface area (Å²) < 4.78 is 5.22. The molecule has 11 heteroatoms. The molecule has 0 bridgehead atoms. The average Bonchev–Trinajstić information content (AvgIpc) is 2.97. The number of alkyl carbamates (subject to hydrolysis) is 1. The molecule has 1 aliphatic heterocycles. The van der Waals surface area contributed by atoms with Gasteiger partial charge in [0.15, 0.2) is 5.82 Å². The van der Waals surface area contributed by atoms with E-state index < -0.39 is 17.7 Å². The number of aromatic carboxylic acids is 1. The van der Waals surface area contributed by atoms with Crippen LogP contribution in [0.3, 0.4) is 0 Å². The molecule has 1 aliphatic rings. The lowest BCUT2D eigenvalue weighted by Gasteiger charge is -2.36. The highest BCUT2D eigenvalue weighted by molar-refractivity contribution is 5.88. The van der Waals surface area contributed by atoms with E-state index in [1.807, 2.05) is 49.9 Å².